The first-order chi connectivity index (χ1) is 9.36. The van der Waals surface area contributed by atoms with Gasteiger partial charge in [-0.2, -0.15) is 0 Å². The molecule has 0 aromatic carbocycles. The topological polar surface area (TPSA) is 23.5 Å². The maximum Gasteiger partial charge on any atom is 0.0580 e. The highest BCUT2D eigenvalue weighted by molar-refractivity contribution is 7.09. The molecule has 1 aromatic heterocycles. The highest BCUT2D eigenvalue weighted by Gasteiger charge is 2.35. The van der Waals surface area contributed by atoms with Gasteiger partial charge in [0.05, 0.1) is 6.10 Å². The van der Waals surface area contributed by atoms with Crippen molar-refractivity contribution < 1.29 is 5.11 Å². The van der Waals surface area contributed by atoms with Crippen LogP contribution in [0.4, 0.5) is 0 Å². The van der Waals surface area contributed by atoms with Crippen LogP contribution in [-0.4, -0.2) is 29.7 Å². The summed E-state index contributed by atoms with van der Waals surface area (Å²) in [4.78, 5) is 3.77. The Morgan fingerprint density at radius 1 is 1.35 bits per heavy atom. The van der Waals surface area contributed by atoms with Crippen LogP contribution in [-0.2, 0) is 6.54 Å². The van der Waals surface area contributed by atoms with E-state index in [9.17, 15) is 5.11 Å². The standard InChI is InChI=1S/C17H29NOS/c1-17(2,3)14-7-8-16(19)13(10-14)11-18(4)12-15-6-5-9-20-15/h5-6,9,13-14,16,19H,7-8,10-12H2,1-4H3. The van der Waals surface area contributed by atoms with Crippen LogP contribution in [0.2, 0.25) is 0 Å². The molecule has 3 unspecified atom stereocenters. The maximum atomic E-state index is 10.3. The van der Waals surface area contributed by atoms with Gasteiger partial charge in [-0.15, -0.1) is 11.3 Å². The predicted octanol–water partition coefficient (Wildman–Crippen LogP) is 4.00. The van der Waals surface area contributed by atoms with Gasteiger partial charge < -0.3 is 10.0 Å². The SMILES string of the molecule is CN(Cc1cccs1)CC1CC(C(C)(C)C)CCC1O. The fourth-order valence-electron chi connectivity index (χ4n) is 3.36. The van der Waals surface area contributed by atoms with Gasteiger partial charge in [0.25, 0.3) is 0 Å². The molecule has 0 aliphatic heterocycles. The van der Waals surface area contributed by atoms with Crippen molar-refractivity contribution in [1.29, 1.82) is 0 Å². The van der Waals surface area contributed by atoms with E-state index in [2.05, 4.69) is 50.2 Å². The maximum absolute atomic E-state index is 10.3. The minimum atomic E-state index is -0.112. The number of aliphatic hydroxyl groups excluding tert-OH is 1. The smallest absolute Gasteiger partial charge is 0.0580 e. The van der Waals surface area contributed by atoms with Crippen LogP contribution in [0.15, 0.2) is 17.5 Å². The molecular formula is C17H29NOS. The third kappa shape index (κ3) is 4.31. The summed E-state index contributed by atoms with van der Waals surface area (Å²) < 4.78 is 0. The number of aliphatic hydroxyl groups is 1. The van der Waals surface area contributed by atoms with Crippen molar-refractivity contribution >= 4 is 11.3 Å². The third-order valence-corrected chi connectivity index (χ3v) is 5.58. The summed E-state index contributed by atoms with van der Waals surface area (Å²) in [6, 6.07) is 4.30. The van der Waals surface area contributed by atoms with Crippen molar-refractivity contribution in [3.63, 3.8) is 0 Å². The molecule has 0 radical (unpaired) electrons. The van der Waals surface area contributed by atoms with Gasteiger partial charge in [0.15, 0.2) is 0 Å². The number of hydrogen-bond acceptors (Lipinski definition) is 3. The summed E-state index contributed by atoms with van der Waals surface area (Å²) in [5, 5.41) is 12.4. The molecule has 2 rings (SSSR count). The van der Waals surface area contributed by atoms with Crippen molar-refractivity contribution in [3.8, 4) is 0 Å². The molecule has 0 spiro atoms. The normalized spacial score (nSPS) is 28.0. The van der Waals surface area contributed by atoms with Crippen LogP contribution in [0.25, 0.3) is 0 Å². The first-order valence-electron chi connectivity index (χ1n) is 7.75. The Kier molecular flexibility index (Phi) is 5.27. The van der Waals surface area contributed by atoms with Crippen molar-refractivity contribution in [2.24, 2.45) is 17.3 Å². The molecule has 3 atom stereocenters. The molecule has 1 N–H and O–H groups in total. The molecule has 3 heteroatoms. The number of hydrogen-bond donors (Lipinski definition) is 1. The Hall–Kier alpha value is -0.380. The van der Waals surface area contributed by atoms with E-state index in [1.54, 1.807) is 0 Å². The Morgan fingerprint density at radius 3 is 2.70 bits per heavy atom. The lowest BCUT2D eigenvalue weighted by Crippen LogP contribution is -2.40. The number of rotatable bonds is 4. The molecule has 20 heavy (non-hydrogen) atoms. The number of nitrogens with zero attached hydrogens (tertiary/aromatic N) is 1. The largest absolute Gasteiger partial charge is 0.393 e. The summed E-state index contributed by atoms with van der Waals surface area (Å²) in [6.07, 6.45) is 3.20. The minimum Gasteiger partial charge on any atom is -0.393 e. The Morgan fingerprint density at radius 2 is 2.10 bits per heavy atom. The summed E-state index contributed by atoms with van der Waals surface area (Å²) >= 11 is 1.81. The van der Waals surface area contributed by atoms with Crippen LogP contribution in [0.5, 0.6) is 0 Å². The summed E-state index contributed by atoms with van der Waals surface area (Å²) in [7, 11) is 2.17. The monoisotopic (exact) mass is 295 g/mol. The Labute approximate surface area is 127 Å². The molecule has 0 amide bonds. The molecular weight excluding hydrogens is 266 g/mol. The lowest BCUT2D eigenvalue weighted by atomic mass is 9.68. The van der Waals surface area contributed by atoms with Crippen molar-refractivity contribution in [3.05, 3.63) is 22.4 Å². The van der Waals surface area contributed by atoms with Crippen molar-refractivity contribution in [1.82, 2.24) is 4.90 Å². The van der Waals surface area contributed by atoms with Gasteiger partial charge in [0.1, 0.15) is 0 Å². The van der Waals surface area contributed by atoms with E-state index < -0.39 is 0 Å². The van der Waals surface area contributed by atoms with E-state index in [4.69, 9.17) is 0 Å². The Balaban J connectivity index is 1.89. The van der Waals surface area contributed by atoms with E-state index in [1.807, 2.05) is 11.3 Å². The lowest BCUT2D eigenvalue weighted by molar-refractivity contribution is 0.00570. The van der Waals surface area contributed by atoms with Gasteiger partial charge in [0.2, 0.25) is 0 Å². The van der Waals surface area contributed by atoms with Crippen LogP contribution in [0, 0.1) is 17.3 Å². The molecule has 0 bridgehead atoms. The van der Waals surface area contributed by atoms with E-state index in [-0.39, 0.29) is 6.10 Å². The zero-order valence-corrected chi connectivity index (χ0v) is 14.1. The number of thiophene rings is 1. The lowest BCUT2D eigenvalue weighted by Gasteiger charge is -2.41. The summed E-state index contributed by atoms with van der Waals surface area (Å²) in [5.41, 5.74) is 0.366. The second-order valence-electron chi connectivity index (χ2n) is 7.48. The summed E-state index contributed by atoms with van der Waals surface area (Å²) in [5.74, 6) is 1.17. The molecule has 1 aromatic rings. The van der Waals surface area contributed by atoms with Crippen molar-refractivity contribution in [2.75, 3.05) is 13.6 Å². The van der Waals surface area contributed by atoms with Crippen LogP contribution in [0.3, 0.4) is 0 Å². The van der Waals surface area contributed by atoms with Crippen LogP contribution < -0.4 is 0 Å². The second kappa shape index (κ2) is 6.59. The van der Waals surface area contributed by atoms with Crippen LogP contribution >= 0.6 is 11.3 Å². The van der Waals surface area contributed by atoms with Gasteiger partial charge in [-0.1, -0.05) is 26.8 Å². The average molecular weight is 295 g/mol. The molecule has 1 aliphatic carbocycles. The average Bonchev–Trinajstić information content (AvgIpc) is 2.83. The van der Waals surface area contributed by atoms with Crippen molar-refractivity contribution in [2.45, 2.75) is 52.7 Å². The molecule has 1 aliphatic rings. The highest BCUT2D eigenvalue weighted by Crippen LogP contribution is 2.40. The molecule has 2 nitrogen and oxygen atoms in total. The van der Waals surface area contributed by atoms with E-state index in [0.29, 0.717) is 11.3 Å². The van der Waals surface area contributed by atoms with Gasteiger partial charge in [-0.05, 0) is 55.0 Å². The molecule has 0 saturated heterocycles. The zero-order valence-electron chi connectivity index (χ0n) is 13.3. The van der Waals surface area contributed by atoms with E-state index in [1.165, 1.54) is 17.7 Å². The Bertz CT molecular complexity index is 396. The predicted molar refractivity (Wildman–Crippen MR) is 86.9 cm³/mol. The third-order valence-electron chi connectivity index (χ3n) is 4.72. The quantitative estimate of drug-likeness (QED) is 0.907. The van der Waals surface area contributed by atoms with Crippen LogP contribution in [0.1, 0.15) is 44.9 Å². The van der Waals surface area contributed by atoms with Gasteiger partial charge in [0, 0.05) is 18.0 Å². The van der Waals surface area contributed by atoms with Gasteiger partial charge in [-0.25, -0.2) is 0 Å². The zero-order chi connectivity index (χ0) is 14.8. The first kappa shape index (κ1) is 16.0. The van der Waals surface area contributed by atoms with Gasteiger partial charge in [-0.3, -0.25) is 0 Å². The van der Waals surface area contributed by atoms with E-state index in [0.717, 1.165) is 25.4 Å². The highest BCUT2D eigenvalue weighted by atomic mass is 32.1. The second-order valence-corrected chi connectivity index (χ2v) is 8.51. The minimum absolute atomic E-state index is 0.112. The molecule has 1 fully saturated rings. The molecule has 1 saturated carbocycles. The fraction of sp³-hybridized carbons (Fsp3) is 0.765. The van der Waals surface area contributed by atoms with Gasteiger partial charge >= 0.3 is 0 Å². The molecule has 1 heterocycles. The fourth-order valence-corrected chi connectivity index (χ4v) is 4.15. The first-order valence-corrected chi connectivity index (χ1v) is 8.63. The van der Waals surface area contributed by atoms with E-state index >= 15 is 0 Å². The molecule has 114 valence electrons. The summed E-state index contributed by atoms with van der Waals surface area (Å²) in [6.45, 7) is 9.01.